The molecule has 0 aliphatic heterocycles. The number of hydrogen-bond donors (Lipinski definition) is 2. The Hall–Kier alpha value is -3.36. The van der Waals surface area contributed by atoms with Crippen molar-refractivity contribution in [2.75, 3.05) is 11.9 Å². The Bertz CT molecular complexity index is 1010. The Labute approximate surface area is 166 Å². The largest absolute Gasteiger partial charge is 0.377 e. The molecule has 1 unspecified atom stereocenters. The van der Waals surface area contributed by atoms with E-state index in [0.29, 0.717) is 6.54 Å². The summed E-state index contributed by atoms with van der Waals surface area (Å²) in [5, 5.41) is 3.51. The summed E-state index contributed by atoms with van der Waals surface area (Å²) in [6, 6.07) is 38.1. The number of nitrogens with one attached hydrogen (secondary N) is 1. The molecule has 0 heterocycles. The Balaban J connectivity index is 1.56. The van der Waals surface area contributed by atoms with Crippen molar-refractivity contribution in [3.05, 3.63) is 115 Å². The van der Waals surface area contributed by atoms with Crippen molar-refractivity contribution in [3.8, 4) is 22.3 Å². The van der Waals surface area contributed by atoms with Gasteiger partial charge in [0.05, 0.1) is 6.04 Å². The summed E-state index contributed by atoms with van der Waals surface area (Å²) in [4.78, 5) is 0. The zero-order valence-corrected chi connectivity index (χ0v) is 15.8. The number of anilines is 1. The molecule has 28 heavy (non-hydrogen) atoms. The van der Waals surface area contributed by atoms with E-state index in [0.717, 1.165) is 5.69 Å². The molecule has 0 fully saturated rings. The second kappa shape index (κ2) is 8.55. The first kappa shape index (κ1) is 18.0. The SMILES string of the molecule is NCC(Nc1ccccc1)c1ccc(-c2cccc(-c3ccccc3)c2)cc1. The third-order valence-corrected chi connectivity index (χ3v) is 4.97. The molecular weight excluding hydrogens is 340 g/mol. The Morgan fingerprint density at radius 2 is 1.11 bits per heavy atom. The van der Waals surface area contributed by atoms with E-state index in [1.807, 2.05) is 24.3 Å². The maximum atomic E-state index is 6.02. The predicted molar refractivity (Wildman–Crippen MR) is 119 cm³/mol. The lowest BCUT2D eigenvalue weighted by Crippen LogP contribution is -2.20. The van der Waals surface area contributed by atoms with Gasteiger partial charge in [0.2, 0.25) is 0 Å². The van der Waals surface area contributed by atoms with Crippen LogP contribution in [0.2, 0.25) is 0 Å². The second-order valence-corrected chi connectivity index (χ2v) is 6.87. The molecule has 4 aromatic rings. The molecule has 0 saturated heterocycles. The van der Waals surface area contributed by atoms with Crippen molar-refractivity contribution in [2.24, 2.45) is 5.73 Å². The van der Waals surface area contributed by atoms with Crippen LogP contribution in [0.3, 0.4) is 0 Å². The number of para-hydroxylation sites is 1. The number of hydrogen-bond acceptors (Lipinski definition) is 2. The summed E-state index contributed by atoms with van der Waals surface area (Å²) in [6.45, 7) is 0.539. The molecular formula is C26H24N2. The molecule has 0 saturated carbocycles. The lowest BCUT2D eigenvalue weighted by atomic mass is 9.97. The number of benzene rings is 4. The average molecular weight is 364 g/mol. The van der Waals surface area contributed by atoms with E-state index in [-0.39, 0.29) is 6.04 Å². The van der Waals surface area contributed by atoms with Gasteiger partial charge in [-0.2, -0.15) is 0 Å². The van der Waals surface area contributed by atoms with Crippen LogP contribution in [0.1, 0.15) is 11.6 Å². The molecule has 0 bridgehead atoms. The van der Waals surface area contributed by atoms with Gasteiger partial charge in [-0.05, 0) is 46.0 Å². The molecule has 0 aliphatic carbocycles. The normalized spacial score (nSPS) is 11.8. The quantitative estimate of drug-likeness (QED) is 0.432. The minimum absolute atomic E-state index is 0.0899. The maximum Gasteiger partial charge on any atom is 0.0636 e. The molecule has 2 nitrogen and oxygen atoms in total. The molecule has 4 rings (SSSR count). The van der Waals surface area contributed by atoms with Gasteiger partial charge < -0.3 is 11.1 Å². The Morgan fingerprint density at radius 1 is 0.571 bits per heavy atom. The van der Waals surface area contributed by atoms with Gasteiger partial charge in [-0.1, -0.05) is 91.0 Å². The van der Waals surface area contributed by atoms with Crippen molar-refractivity contribution in [3.63, 3.8) is 0 Å². The van der Waals surface area contributed by atoms with Crippen LogP contribution in [-0.4, -0.2) is 6.54 Å². The Kier molecular flexibility index (Phi) is 5.51. The molecule has 0 radical (unpaired) electrons. The van der Waals surface area contributed by atoms with Gasteiger partial charge in [-0.25, -0.2) is 0 Å². The number of rotatable bonds is 6. The smallest absolute Gasteiger partial charge is 0.0636 e. The summed E-state index contributed by atoms with van der Waals surface area (Å²) in [5.74, 6) is 0. The van der Waals surface area contributed by atoms with Crippen LogP contribution in [0.4, 0.5) is 5.69 Å². The fourth-order valence-electron chi connectivity index (χ4n) is 3.43. The molecule has 0 spiro atoms. The highest BCUT2D eigenvalue weighted by Gasteiger charge is 2.10. The van der Waals surface area contributed by atoms with Crippen LogP contribution in [0, 0.1) is 0 Å². The zero-order valence-electron chi connectivity index (χ0n) is 15.8. The van der Waals surface area contributed by atoms with E-state index in [1.165, 1.54) is 27.8 Å². The van der Waals surface area contributed by atoms with E-state index >= 15 is 0 Å². The lowest BCUT2D eigenvalue weighted by Gasteiger charge is -2.19. The van der Waals surface area contributed by atoms with Gasteiger partial charge in [0.1, 0.15) is 0 Å². The van der Waals surface area contributed by atoms with Crippen molar-refractivity contribution in [1.82, 2.24) is 0 Å². The van der Waals surface area contributed by atoms with Crippen molar-refractivity contribution in [1.29, 1.82) is 0 Å². The van der Waals surface area contributed by atoms with Crippen molar-refractivity contribution >= 4 is 5.69 Å². The maximum absolute atomic E-state index is 6.02. The van der Waals surface area contributed by atoms with E-state index in [2.05, 4.69) is 90.2 Å². The topological polar surface area (TPSA) is 38.0 Å². The van der Waals surface area contributed by atoms with E-state index in [9.17, 15) is 0 Å². The summed E-state index contributed by atoms with van der Waals surface area (Å²) >= 11 is 0. The first-order valence-electron chi connectivity index (χ1n) is 9.61. The zero-order chi connectivity index (χ0) is 19.2. The first-order chi connectivity index (χ1) is 13.8. The summed E-state index contributed by atoms with van der Waals surface area (Å²) in [6.07, 6.45) is 0. The van der Waals surface area contributed by atoms with E-state index < -0.39 is 0 Å². The number of nitrogens with two attached hydrogens (primary N) is 1. The fourth-order valence-corrected chi connectivity index (χ4v) is 3.43. The van der Waals surface area contributed by atoms with E-state index in [4.69, 9.17) is 5.73 Å². The lowest BCUT2D eigenvalue weighted by molar-refractivity contribution is 0.790. The van der Waals surface area contributed by atoms with Gasteiger partial charge in [0, 0.05) is 12.2 Å². The Morgan fingerprint density at radius 3 is 1.71 bits per heavy atom. The first-order valence-corrected chi connectivity index (χ1v) is 9.61. The molecule has 0 aliphatic rings. The van der Waals surface area contributed by atoms with E-state index in [1.54, 1.807) is 0 Å². The third-order valence-electron chi connectivity index (χ3n) is 4.97. The monoisotopic (exact) mass is 364 g/mol. The van der Waals surface area contributed by atoms with Gasteiger partial charge >= 0.3 is 0 Å². The van der Waals surface area contributed by atoms with Gasteiger partial charge in [0.15, 0.2) is 0 Å². The average Bonchev–Trinajstić information content (AvgIpc) is 2.79. The minimum atomic E-state index is 0.0899. The molecule has 1 atom stereocenters. The molecule has 2 heteroatoms. The van der Waals surface area contributed by atoms with Gasteiger partial charge in [-0.15, -0.1) is 0 Å². The van der Waals surface area contributed by atoms with Crippen LogP contribution < -0.4 is 11.1 Å². The molecule has 4 aromatic carbocycles. The van der Waals surface area contributed by atoms with Crippen molar-refractivity contribution < 1.29 is 0 Å². The third kappa shape index (κ3) is 4.13. The highest BCUT2D eigenvalue weighted by atomic mass is 14.9. The molecule has 0 amide bonds. The minimum Gasteiger partial charge on any atom is -0.377 e. The van der Waals surface area contributed by atoms with Gasteiger partial charge in [-0.3, -0.25) is 0 Å². The standard InChI is InChI=1S/C26H24N2/c27-19-26(28-25-12-5-2-6-13-25)22-16-14-21(15-17-22)24-11-7-10-23(18-24)20-8-3-1-4-9-20/h1-18,26,28H,19,27H2. The van der Waals surface area contributed by atoms with Gasteiger partial charge in [0.25, 0.3) is 0 Å². The van der Waals surface area contributed by atoms with Crippen molar-refractivity contribution in [2.45, 2.75) is 6.04 Å². The predicted octanol–water partition coefficient (Wildman–Crippen LogP) is 6.13. The highest BCUT2D eigenvalue weighted by Crippen LogP contribution is 2.28. The van der Waals surface area contributed by atoms with Crippen LogP contribution in [0.15, 0.2) is 109 Å². The molecule has 0 aromatic heterocycles. The molecule has 138 valence electrons. The summed E-state index contributed by atoms with van der Waals surface area (Å²) < 4.78 is 0. The van der Waals surface area contributed by atoms with Crippen LogP contribution in [0.5, 0.6) is 0 Å². The van der Waals surface area contributed by atoms with Crippen LogP contribution in [-0.2, 0) is 0 Å². The van der Waals surface area contributed by atoms with Crippen LogP contribution in [0.25, 0.3) is 22.3 Å². The fraction of sp³-hybridized carbons (Fsp3) is 0.0769. The van der Waals surface area contributed by atoms with Crippen LogP contribution >= 0.6 is 0 Å². The highest BCUT2D eigenvalue weighted by molar-refractivity contribution is 5.73. The molecule has 3 N–H and O–H groups in total. The summed E-state index contributed by atoms with van der Waals surface area (Å²) in [7, 11) is 0. The second-order valence-electron chi connectivity index (χ2n) is 6.87. The summed E-state index contributed by atoms with van der Waals surface area (Å²) in [5.41, 5.74) is 13.2.